The van der Waals surface area contributed by atoms with Crippen molar-refractivity contribution in [3.05, 3.63) is 102 Å². The van der Waals surface area contributed by atoms with Gasteiger partial charge in [0.2, 0.25) is 11.5 Å². The predicted molar refractivity (Wildman–Crippen MR) is 126 cm³/mol. The molecule has 10 nitrogen and oxygen atoms in total. The molecule has 0 saturated heterocycles. The lowest BCUT2D eigenvalue weighted by Crippen LogP contribution is -2.17. The average molecular weight is 478 g/mol. The monoisotopic (exact) mass is 478 g/mol. The van der Waals surface area contributed by atoms with Crippen LogP contribution in [-0.2, 0) is 4.74 Å². The standard InChI is InChI=1S/C25H22N2O8/c1-14-11-15(2)17(4)24(16(14)3)22(28)13-34-25(29)18-5-8-20(9-6-18)35-23-10-7-19(26(30)31)12-21(23)27(32)33/h5-12H,13H2,1-4H3. The Morgan fingerprint density at radius 3 is 1.97 bits per heavy atom. The molecule has 3 rings (SSSR count). The van der Waals surface area contributed by atoms with Gasteiger partial charge in [-0.05, 0) is 80.3 Å². The summed E-state index contributed by atoms with van der Waals surface area (Å²) in [6.45, 7) is 7.12. The van der Waals surface area contributed by atoms with Gasteiger partial charge in [-0.1, -0.05) is 6.07 Å². The normalized spacial score (nSPS) is 10.5. The van der Waals surface area contributed by atoms with E-state index in [9.17, 15) is 29.8 Å². The first-order chi connectivity index (χ1) is 16.5. The molecule has 0 amide bonds. The summed E-state index contributed by atoms with van der Waals surface area (Å²) >= 11 is 0. The number of hydrogen-bond acceptors (Lipinski definition) is 8. The second-order valence-corrected chi connectivity index (χ2v) is 7.93. The van der Waals surface area contributed by atoms with Gasteiger partial charge in [-0.25, -0.2) is 4.79 Å². The number of benzene rings is 3. The van der Waals surface area contributed by atoms with Gasteiger partial charge in [-0.2, -0.15) is 0 Å². The molecule has 0 saturated carbocycles. The number of non-ortho nitro benzene ring substituents is 1. The minimum Gasteiger partial charge on any atom is -0.454 e. The van der Waals surface area contributed by atoms with Crippen LogP contribution in [0.1, 0.15) is 43.0 Å². The second kappa shape index (κ2) is 10.1. The van der Waals surface area contributed by atoms with Gasteiger partial charge in [0.15, 0.2) is 6.61 Å². The van der Waals surface area contributed by atoms with Crippen LogP contribution in [0, 0.1) is 47.9 Å². The van der Waals surface area contributed by atoms with E-state index >= 15 is 0 Å². The van der Waals surface area contributed by atoms with Crippen molar-refractivity contribution in [2.24, 2.45) is 0 Å². The first kappa shape index (κ1) is 25.0. The van der Waals surface area contributed by atoms with Crippen LogP contribution in [-0.4, -0.2) is 28.2 Å². The van der Waals surface area contributed by atoms with E-state index in [2.05, 4.69) is 0 Å². The fraction of sp³-hybridized carbons (Fsp3) is 0.200. The van der Waals surface area contributed by atoms with Crippen LogP contribution < -0.4 is 4.74 Å². The molecule has 35 heavy (non-hydrogen) atoms. The van der Waals surface area contributed by atoms with Gasteiger partial charge in [0.05, 0.1) is 21.5 Å². The van der Waals surface area contributed by atoms with E-state index in [-0.39, 0.29) is 22.8 Å². The third kappa shape index (κ3) is 5.49. The SMILES string of the molecule is Cc1cc(C)c(C)c(C(=O)COC(=O)c2ccc(Oc3ccc([N+](=O)[O-])cc3[N+](=O)[O-])cc2)c1C. The zero-order chi connectivity index (χ0) is 25.9. The van der Waals surface area contributed by atoms with Crippen LogP contribution in [0.5, 0.6) is 11.5 Å². The smallest absolute Gasteiger partial charge is 0.338 e. The molecule has 0 spiro atoms. The molecule has 0 aliphatic heterocycles. The minimum absolute atomic E-state index is 0.150. The van der Waals surface area contributed by atoms with E-state index in [0.717, 1.165) is 40.5 Å². The summed E-state index contributed by atoms with van der Waals surface area (Å²) in [5.41, 5.74) is 3.33. The number of ketones is 1. The highest BCUT2D eigenvalue weighted by atomic mass is 16.6. The van der Waals surface area contributed by atoms with Crippen molar-refractivity contribution in [1.82, 2.24) is 0 Å². The number of esters is 1. The molecule has 0 bridgehead atoms. The highest BCUT2D eigenvalue weighted by molar-refractivity contribution is 6.02. The lowest BCUT2D eigenvalue weighted by atomic mass is 9.92. The van der Waals surface area contributed by atoms with Gasteiger partial charge in [-0.3, -0.25) is 25.0 Å². The number of nitro benzene ring substituents is 2. The lowest BCUT2D eigenvalue weighted by molar-refractivity contribution is -0.394. The van der Waals surface area contributed by atoms with Crippen molar-refractivity contribution in [3.8, 4) is 11.5 Å². The molecule has 3 aromatic carbocycles. The van der Waals surface area contributed by atoms with Crippen LogP contribution in [0.2, 0.25) is 0 Å². The Kier molecular flexibility index (Phi) is 7.24. The van der Waals surface area contributed by atoms with Gasteiger partial charge in [0, 0.05) is 11.6 Å². The Bertz CT molecular complexity index is 1320. The number of carbonyl (C=O) groups is 2. The highest BCUT2D eigenvalue weighted by Crippen LogP contribution is 2.34. The molecule has 180 valence electrons. The molecule has 0 unspecified atom stereocenters. The molecule has 3 aromatic rings. The fourth-order valence-electron chi connectivity index (χ4n) is 3.56. The number of aryl methyl sites for hydroxylation is 2. The number of hydrogen-bond donors (Lipinski definition) is 0. The number of Topliss-reactive ketones (excluding diaryl/α,β-unsaturated/α-hetero) is 1. The Labute approximate surface area is 200 Å². The molecule has 10 heteroatoms. The summed E-state index contributed by atoms with van der Waals surface area (Å²) in [5.74, 6) is -1.05. The van der Waals surface area contributed by atoms with Gasteiger partial charge < -0.3 is 9.47 Å². The second-order valence-electron chi connectivity index (χ2n) is 7.93. The molecular formula is C25H22N2O8. The summed E-state index contributed by atoms with van der Waals surface area (Å²) in [6, 6.07) is 10.6. The van der Waals surface area contributed by atoms with E-state index in [1.165, 1.54) is 24.3 Å². The Morgan fingerprint density at radius 1 is 0.829 bits per heavy atom. The molecule has 0 heterocycles. The first-order valence-corrected chi connectivity index (χ1v) is 10.5. The van der Waals surface area contributed by atoms with Gasteiger partial charge >= 0.3 is 11.7 Å². The van der Waals surface area contributed by atoms with Crippen molar-refractivity contribution in [2.75, 3.05) is 6.61 Å². The van der Waals surface area contributed by atoms with Crippen LogP contribution in [0.25, 0.3) is 0 Å². The van der Waals surface area contributed by atoms with Gasteiger partial charge in [-0.15, -0.1) is 0 Å². The zero-order valence-corrected chi connectivity index (χ0v) is 19.5. The highest BCUT2D eigenvalue weighted by Gasteiger charge is 2.22. The van der Waals surface area contributed by atoms with Crippen LogP contribution >= 0.6 is 0 Å². The molecule has 0 N–H and O–H groups in total. The molecule has 0 fully saturated rings. The molecule has 0 aromatic heterocycles. The minimum atomic E-state index is -0.787. The van der Waals surface area contributed by atoms with E-state index < -0.39 is 33.8 Å². The number of nitro groups is 2. The molecule has 0 atom stereocenters. The number of rotatable bonds is 8. The quantitative estimate of drug-likeness (QED) is 0.177. The van der Waals surface area contributed by atoms with Crippen LogP contribution in [0.3, 0.4) is 0 Å². The Morgan fingerprint density at radius 2 is 1.43 bits per heavy atom. The van der Waals surface area contributed by atoms with Crippen LogP contribution in [0.4, 0.5) is 11.4 Å². The van der Waals surface area contributed by atoms with Gasteiger partial charge in [0.25, 0.3) is 5.69 Å². The van der Waals surface area contributed by atoms with Crippen molar-refractivity contribution < 1.29 is 28.9 Å². The number of carbonyl (C=O) groups excluding carboxylic acids is 2. The first-order valence-electron chi connectivity index (χ1n) is 10.5. The molecule has 0 radical (unpaired) electrons. The maximum atomic E-state index is 12.7. The number of nitrogens with zero attached hydrogens (tertiary/aromatic N) is 2. The van der Waals surface area contributed by atoms with Gasteiger partial charge in [0.1, 0.15) is 5.75 Å². The third-order valence-corrected chi connectivity index (χ3v) is 5.65. The lowest BCUT2D eigenvalue weighted by Gasteiger charge is -2.14. The van der Waals surface area contributed by atoms with E-state index in [1.807, 2.05) is 33.8 Å². The van der Waals surface area contributed by atoms with Crippen molar-refractivity contribution in [3.63, 3.8) is 0 Å². The average Bonchev–Trinajstić information content (AvgIpc) is 2.81. The van der Waals surface area contributed by atoms with Crippen molar-refractivity contribution in [1.29, 1.82) is 0 Å². The summed E-state index contributed by atoms with van der Waals surface area (Å²) in [4.78, 5) is 45.8. The topological polar surface area (TPSA) is 139 Å². The number of ether oxygens (including phenoxy) is 2. The summed E-state index contributed by atoms with van der Waals surface area (Å²) in [7, 11) is 0. The van der Waals surface area contributed by atoms with Crippen molar-refractivity contribution >= 4 is 23.1 Å². The third-order valence-electron chi connectivity index (χ3n) is 5.65. The Balaban J connectivity index is 1.70. The molecule has 0 aliphatic rings. The fourth-order valence-corrected chi connectivity index (χ4v) is 3.56. The Hall–Kier alpha value is -4.60. The molecular weight excluding hydrogens is 456 g/mol. The maximum absolute atomic E-state index is 12.7. The maximum Gasteiger partial charge on any atom is 0.338 e. The summed E-state index contributed by atoms with van der Waals surface area (Å²) in [5, 5.41) is 22.1. The largest absolute Gasteiger partial charge is 0.454 e. The van der Waals surface area contributed by atoms with E-state index in [0.29, 0.717) is 5.56 Å². The summed E-state index contributed by atoms with van der Waals surface area (Å²) in [6.07, 6.45) is 0. The summed E-state index contributed by atoms with van der Waals surface area (Å²) < 4.78 is 10.7. The molecule has 0 aliphatic carbocycles. The van der Waals surface area contributed by atoms with E-state index in [4.69, 9.17) is 9.47 Å². The zero-order valence-electron chi connectivity index (χ0n) is 19.5. The van der Waals surface area contributed by atoms with E-state index in [1.54, 1.807) is 0 Å². The van der Waals surface area contributed by atoms with Crippen LogP contribution in [0.15, 0.2) is 48.5 Å². The van der Waals surface area contributed by atoms with Crippen molar-refractivity contribution in [2.45, 2.75) is 27.7 Å². The predicted octanol–water partition coefficient (Wildman–Crippen LogP) is 5.57.